The van der Waals surface area contributed by atoms with Gasteiger partial charge in [0.05, 0.1) is 10.6 Å². The van der Waals surface area contributed by atoms with Crippen LogP contribution in [0.15, 0.2) is 6.33 Å². The van der Waals surface area contributed by atoms with E-state index >= 15 is 0 Å². The Bertz CT molecular complexity index is 637. The van der Waals surface area contributed by atoms with Gasteiger partial charge in [-0.05, 0) is 32.4 Å². The lowest BCUT2D eigenvalue weighted by Crippen LogP contribution is -2.07. The zero-order valence-electron chi connectivity index (χ0n) is 10.0. The molecule has 0 aliphatic heterocycles. The molecule has 0 spiro atoms. The molecule has 2 aromatic heterocycles. The van der Waals surface area contributed by atoms with E-state index in [0.29, 0.717) is 0 Å². The Morgan fingerprint density at radius 1 is 1.28 bits per heavy atom. The van der Waals surface area contributed by atoms with Gasteiger partial charge in [0, 0.05) is 5.69 Å². The summed E-state index contributed by atoms with van der Waals surface area (Å²) in [4.78, 5) is 22.4. The smallest absolute Gasteiger partial charge is 0.282 e. The highest BCUT2D eigenvalue weighted by Crippen LogP contribution is 2.26. The number of aryl methyl sites for hydroxylation is 2. The van der Waals surface area contributed by atoms with E-state index in [4.69, 9.17) is 11.6 Å². The van der Waals surface area contributed by atoms with Gasteiger partial charge < -0.3 is 0 Å². The Morgan fingerprint density at radius 2 is 1.94 bits per heavy atom. The highest BCUT2D eigenvalue weighted by molar-refractivity contribution is 6.28. The van der Waals surface area contributed by atoms with Crippen LogP contribution < -0.4 is 0 Å². The van der Waals surface area contributed by atoms with E-state index in [2.05, 4.69) is 15.0 Å². The van der Waals surface area contributed by atoms with Crippen LogP contribution in [-0.2, 0) is 0 Å². The van der Waals surface area contributed by atoms with Gasteiger partial charge in [-0.1, -0.05) is 0 Å². The van der Waals surface area contributed by atoms with Crippen molar-refractivity contribution in [3.05, 3.63) is 38.8 Å². The molecule has 0 saturated heterocycles. The molecule has 2 rings (SSSR count). The van der Waals surface area contributed by atoms with Crippen LogP contribution in [0.4, 0.5) is 5.69 Å². The van der Waals surface area contributed by atoms with Gasteiger partial charge in [0.15, 0.2) is 0 Å². The molecule has 0 fully saturated rings. The molecule has 0 saturated carbocycles. The number of nitrogens with zero attached hydrogens (tertiary/aromatic N) is 5. The largest absolute Gasteiger partial charge is 0.333 e. The molecular formula is C10H10ClN5O2. The first-order valence-electron chi connectivity index (χ1n) is 5.11. The minimum atomic E-state index is -0.518. The molecule has 0 aromatic carbocycles. The van der Waals surface area contributed by atoms with Gasteiger partial charge >= 0.3 is 5.69 Å². The first-order chi connectivity index (χ1) is 8.41. The molecule has 2 aromatic rings. The minimum Gasteiger partial charge on any atom is -0.282 e. The lowest BCUT2D eigenvalue weighted by Gasteiger charge is -2.07. The summed E-state index contributed by atoms with van der Waals surface area (Å²) in [5.41, 5.74) is 1.60. The molecule has 8 heteroatoms. The second-order valence-corrected chi connectivity index (χ2v) is 4.13. The third kappa shape index (κ3) is 1.92. The van der Waals surface area contributed by atoms with Crippen molar-refractivity contribution >= 4 is 17.3 Å². The second-order valence-electron chi connectivity index (χ2n) is 3.79. The van der Waals surface area contributed by atoms with Crippen LogP contribution in [0.3, 0.4) is 0 Å². The van der Waals surface area contributed by atoms with Crippen molar-refractivity contribution in [2.45, 2.75) is 20.8 Å². The predicted molar refractivity (Wildman–Crippen MR) is 65.0 cm³/mol. The molecule has 0 atom stereocenters. The fraction of sp³-hybridized carbons (Fsp3) is 0.300. The van der Waals surface area contributed by atoms with Crippen LogP contribution in [0, 0.1) is 30.9 Å². The molecule has 0 N–H and O–H groups in total. The van der Waals surface area contributed by atoms with Crippen molar-refractivity contribution in [3.8, 4) is 5.82 Å². The summed E-state index contributed by atoms with van der Waals surface area (Å²) in [6, 6.07) is 0. The Balaban J connectivity index is 2.77. The van der Waals surface area contributed by atoms with Crippen LogP contribution in [0.5, 0.6) is 0 Å². The molecule has 0 aliphatic rings. The topological polar surface area (TPSA) is 86.7 Å². The number of hydrogen-bond acceptors (Lipinski definition) is 5. The van der Waals surface area contributed by atoms with Gasteiger partial charge in [0.2, 0.25) is 11.1 Å². The molecule has 0 aliphatic carbocycles. The summed E-state index contributed by atoms with van der Waals surface area (Å²) in [7, 11) is 0. The van der Waals surface area contributed by atoms with Gasteiger partial charge in [-0.15, -0.1) is 0 Å². The van der Waals surface area contributed by atoms with Crippen molar-refractivity contribution in [2.75, 3.05) is 0 Å². The van der Waals surface area contributed by atoms with Gasteiger partial charge in [0.25, 0.3) is 0 Å². The third-order valence-electron chi connectivity index (χ3n) is 2.68. The van der Waals surface area contributed by atoms with Crippen molar-refractivity contribution in [2.24, 2.45) is 0 Å². The molecule has 0 amide bonds. The number of imidazole rings is 1. The average molecular weight is 268 g/mol. The molecule has 0 radical (unpaired) electrons. The summed E-state index contributed by atoms with van der Waals surface area (Å²) in [6.07, 6.45) is 1.48. The van der Waals surface area contributed by atoms with E-state index in [1.807, 2.05) is 6.92 Å². The predicted octanol–water partition coefficient (Wildman–Crippen LogP) is 2.15. The van der Waals surface area contributed by atoms with Crippen LogP contribution in [0.2, 0.25) is 5.28 Å². The monoisotopic (exact) mass is 267 g/mol. The third-order valence-corrected chi connectivity index (χ3v) is 2.84. The Morgan fingerprint density at radius 3 is 2.44 bits per heavy atom. The lowest BCUT2D eigenvalue weighted by molar-refractivity contribution is -0.385. The zero-order chi connectivity index (χ0) is 13.4. The van der Waals surface area contributed by atoms with Gasteiger partial charge in [-0.2, -0.15) is 4.98 Å². The molecule has 94 valence electrons. The SMILES string of the molecule is Cc1nc(Cl)nc(-n2cnc(C)c2C)c1[N+](=O)[O-]. The quantitative estimate of drug-likeness (QED) is 0.473. The summed E-state index contributed by atoms with van der Waals surface area (Å²) >= 11 is 5.76. The zero-order valence-corrected chi connectivity index (χ0v) is 10.8. The summed E-state index contributed by atoms with van der Waals surface area (Å²) in [5.74, 6) is 0.135. The van der Waals surface area contributed by atoms with Crippen molar-refractivity contribution in [1.29, 1.82) is 0 Å². The van der Waals surface area contributed by atoms with E-state index in [1.54, 1.807) is 6.92 Å². The van der Waals surface area contributed by atoms with Crippen LogP contribution in [0.25, 0.3) is 5.82 Å². The van der Waals surface area contributed by atoms with E-state index < -0.39 is 4.92 Å². The highest BCUT2D eigenvalue weighted by atomic mass is 35.5. The fourth-order valence-corrected chi connectivity index (χ4v) is 1.82. The van der Waals surface area contributed by atoms with E-state index in [-0.39, 0.29) is 22.5 Å². The van der Waals surface area contributed by atoms with Gasteiger partial charge in [0.1, 0.15) is 12.0 Å². The summed E-state index contributed by atoms with van der Waals surface area (Å²) in [6.45, 7) is 5.14. The van der Waals surface area contributed by atoms with E-state index in [9.17, 15) is 10.1 Å². The normalized spacial score (nSPS) is 10.7. The summed E-state index contributed by atoms with van der Waals surface area (Å²) in [5, 5.41) is 11.1. The molecule has 7 nitrogen and oxygen atoms in total. The number of aromatic nitrogens is 4. The van der Waals surface area contributed by atoms with Gasteiger partial charge in [-0.3, -0.25) is 14.7 Å². The molecule has 2 heterocycles. The number of nitro groups is 1. The Hall–Kier alpha value is -2.02. The van der Waals surface area contributed by atoms with Crippen molar-refractivity contribution < 1.29 is 4.92 Å². The van der Waals surface area contributed by atoms with Crippen LogP contribution in [-0.4, -0.2) is 24.4 Å². The van der Waals surface area contributed by atoms with Crippen molar-refractivity contribution in [3.63, 3.8) is 0 Å². The van der Waals surface area contributed by atoms with E-state index in [0.717, 1.165) is 11.4 Å². The fourth-order valence-electron chi connectivity index (χ4n) is 1.61. The number of rotatable bonds is 2. The number of halogens is 1. The number of hydrogen-bond donors (Lipinski definition) is 0. The lowest BCUT2D eigenvalue weighted by atomic mass is 10.3. The molecule has 18 heavy (non-hydrogen) atoms. The van der Waals surface area contributed by atoms with Crippen LogP contribution >= 0.6 is 11.6 Å². The first-order valence-corrected chi connectivity index (χ1v) is 5.49. The first kappa shape index (κ1) is 12.4. The maximum Gasteiger partial charge on any atom is 0.333 e. The summed E-state index contributed by atoms with van der Waals surface area (Å²) < 4.78 is 1.54. The highest BCUT2D eigenvalue weighted by Gasteiger charge is 2.24. The minimum absolute atomic E-state index is 0.0288. The maximum atomic E-state index is 11.1. The Kier molecular flexibility index (Phi) is 3.00. The standard InChI is InChI=1S/C10H10ClN5O2/c1-5-7(3)15(4-12-5)9-8(16(17)18)6(2)13-10(11)14-9/h4H,1-3H3. The Labute approximate surface area is 108 Å². The maximum absolute atomic E-state index is 11.1. The van der Waals surface area contributed by atoms with Gasteiger partial charge in [-0.25, -0.2) is 9.97 Å². The molecule has 0 unspecified atom stereocenters. The second kappa shape index (κ2) is 4.34. The van der Waals surface area contributed by atoms with Crippen molar-refractivity contribution in [1.82, 2.24) is 19.5 Å². The van der Waals surface area contributed by atoms with E-state index in [1.165, 1.54) is 17.8 Å². The average Bonchev–Trinajstić information content (AvgIpc) is 2.57. The molecular weight excluding hydrogens is 258 g/mol. The molecule has 0 bridgehead atoms. The van der Waals surface area contributed by atoms with Crippen LogP contribution in [0.1, 0.15) is 17.1 Å².